The van der Waals surface area contributed by atoms with Crippen molar-refractivity contribution < 1.29 is 4.79 Å². The largest absolute Gasteiger partial charge is 0.320 e. The highest BCUT2D eigenvalue weighted by atomic mass is 35.5. The predicted molar refractivity (Wildman–Crippen MR) is 94.7 cm³/mol. The van der Waals surface area contributed by atoms with Gasteiger partial charge in [-0.05, 0) is 26.1 Å². The minimum atomic E-state index is -0.226. The molecule has 2 rings (SSSR count). The van der Waals surface area contributed by atoms with E-state index in [1.54, 1.807) is 23.5 Å². The minimum Gasteiger partial charge on any atom is -0.320 e. The van der Waals surface area contributed by atoms with Gasteiger partial charge in [0.2, 0.25) is 5.91 Å². The monoisotopic (exact) mass is 338 g/mol. The first kappa shape index (κ1) is 19.0. The number of amides is 1. The molecule has 0 aliphatic heterocycles. The van der Waals surface area contributed by atoms with E-state index in [9.17, 15) is 9.59 Å². The van der Waals surface area contributed by atoms with Gasteiger partial charge in [-0.3, -0.25) is 14.3 Å². The van der Waals surface area contributed by atoms with Gasteiger partial charge in [-0.2, -0.15) is 0 Å². The zero-order chi connectivity index (χ0) is 16.3. The lowest BCUT2D eigenvalue weighted by atomic mass is 10.1. The highest BCUT2D eigenvalue weighted by molar-refractivity contribution is 5.92. The van der Waals surface area contributed by atoms with Crippen LogP contribution in [0.15, 0.2) is 35.1 Å². The van der Waals surface area contributed by atoms with E-state index < -0.39 is 0 Å². The van der Waals surface area contributed by atoms with Gasteiger partial charge in [-0.25, -0.2) is 4.68 Å². The van der Waals surface area contributed by atoms with Crippen LogP contribution in [-0.2, 0) is 11.8 Å². The Hall–Kier alpha value is -2.05. The van der Waals surface area contributed by atoms with Crippen molar-refractivity contribution in [1.29, 1.82) is 0 Å². The van der Waals surface area contributed by atoms with Gasteiger partial charge in [-0.15, -0.1) is 12.4 Å². The van der Waals surface area contributed by atoms with Crippen molar-refractivity contribution in [3.63, 3.8) is 0 Å². The Morgan fingerprint density at radius 2 is 1.87 bits per heavy atom. The molecule has 0 radical (unpaired) electrons. The molecule has 0 aliphatic rings. The van der Waals surface area contributed by atoms with Crippen LogP contribution in [0.2, 0.25) is 0 Å². The second-order valence-corrected chi connectivity index (χ2v) is 5.38. The Kier molecular flexibility index (Phi) is 6.60. The number of anilines is 1. The Balaban J connectivity index is 0.00000264. The summed E-state index contributed by atoms with van der Waals surface area (Å²) >= 11 is 0. The van der Waals surface area contributed by atoms with Gasteiger partial charge in [0.1, 0.15) is 5.69 Å². The van der Waals surface area contributed by atoms with E-state index in [2.05, 4.69) is 10.6 Å². The van der Waals surface area contributed by atoms with Crippen LogP contribution in [0, 0.1) is 12.8 Å². The third kappa shape index (κ3) is 3.83. The Labute approximate surface area is 141 Å². The Bertz CT molecular complexity index is 722. The molecular weight excluding hydrogens is 316 g/mol. The summed E-state index contributed by atoms with van der Waals surface area (Å²) in [4.78, 5) is 24.8. The summed E-state index contributed by atoms with van der Waals surface area (Å²) in [5.41, 5.74) is 1.59. The third-order valence-corrected chi connectivity index (χ3v) is 3.76. The van der Waals surface area contributed by atoms with E-state index in [1.165, 1.54) is 0 Å². The van der Waals surface area contributed by atoms with E-state index in [0.29, 0.717) is 12.2 Å². The molecule has 0 saturated heterocycles. The predicted octanol–water partition coefficient (Wildman–Crippen LogP) is 1.70. The topological polar surface area (TPSA) is 68.1 Å². The van der Waals surface area contributed by atoms with Crippen molar-refractivity contribution in [2.24, 2.45) is 13.0 Å². The molecule has 0 fully saturated rings. The lowest BCUT2D eigenvalue weighted by Crippen LogP contribution is -2.30. The molecule has 2 N–H and O–H groups in total. The molecule has 1 amide bonds. The summed E-state index contributed by atoms with van der Waals surface area (Å²) in [6.45, 7) is 4.20. The van der Waals surface area contributed by atoms with Gasteiger partial charge in [0.05, 0.1) is 11.4 Å². The van der Waals surface area contributed by atoms with Gasteiger partial charge in [0.25, 0.3) is 5.56 Å². The van der Waals surface area contributed by atoms with Crippen LogP contribution in [0.1, 0.15) is 12.6 Å². The Morgan fingerprint density at radius 1 is 1.26 bits per heavy atom. The van der Waals surface area contributed by atoms with Crippen LogP contribution in [0.25, 0.3) is 5.69 Å². The normalized spacial score (nSPS) is 11.7. The minimum absolute atomic E-state index is 0. The van der Waals surface area contributed by atoms with E-state index in [-0.39, 0.29) is 29.8 Å². The SMILES string of the molecule is CNCC(C)C(=O)Nc1c(C)n(C)n(-c2ccccc2)c1=O.Cl. The highest BCUT2D eigenvalue weighted by Crippen LogP contribution is 2.14. The average Bonchev–Trinajstić information content (AvgIpc) is 2.72. The molecular formula is C16H23ClN4O2. The second-order valence-electron chi connectivity index (χ2n) is 5.38. The molecule has 0 bridgehead atoms. The van der Waals surface area contributed by atoms with Crippen molar-refractivity contribution in [2.45, 2.75) is 13.8 Å². The fourth-order valence-electron chi connectivity index (χ4n) is 2.36. The number of para-hydroxylation sites is 1. The first-order chi connectivity index (χ1) is 10.5. The molecule has 1 heterocycles. The fraction of sp³-hybridized carbons (Fsp3) is 0.375. The van der Waals surface area contributed by atoms with Crippen LogP contribution in [-0.4, -0.2) is 28.9 Å². The number of rotatable bonds is 5. The fourth-order valence-corrected chi connectivity index (χ4v) is 2.36. The lowest BCUT2D eigenvalue weighted by Gasteiger charge is -2.10. The van der Waals surface area contributed by atoms with E-state index in [4.69, 9.17) is 0 Å². The van der Waals surface area contributed by atoms with Crippen LogP contribution in [0.4, 0.5) is 5.69 Å². The molecule has 23 heavy (non-hydrogen) atoms. The van der Waals surface area contributed by atoms with Crippen LogP contribution >= 0.6 is 12.4 Å². The molecule has 6 nitrogen and oxygen atoms in total. The summed E-state index contributed by atoms with van der Waals surface area (Å²) in [7, 11) is 3.59. The molecule has 0 aliphatic carbocycles. The zero-order valence-corrected chi connectivity index (χ0v) is 14.6. The summed E-state index contributed by atoms with van der Waals surface area (Å²) in [5.74, 6) is -0.380. The van der Waals surface area contributed by atoms with Gasteiger partial charge >= 0.3 is 0 Å². The summed E-state index contributed by atoms with van der Waals surface area (Å²) in [6.07, 6.45) is 0. The number of hydrogen-bond acceptors (Lipinski definition) is 3. The molecule has 2 aromatic rings. The summed E-state index contributed by atoms with van der Waals surface area (Å²) in [6, 6.07) is 9.35. The van der Waals surface area contributed by atoms with Gasteiger partial charge < -0.3 is 10.6 Å². The maximum absolute atomic E-state index is 12.6. The molecule has 126 valence electrons. The third-order valence-electron chi connectivity index (χ3n) is 3.76. The molecule has 0 spiro atoms. The summed E-state index contributed by atoms with van der Waals surface area (Å²) < 4.78 is 3.30. The maximum Gasteiger partial charge on any atom is 0.295 e. The van der Waals surface area contributed by atoms with Gasteiger partial charge in [0, 0.05) is 19.5 Å². The number of benzene rings is 1. The smallest absolute Gasteiger partial charge is 0.295 e. The highest BCUT2D eigenvalue weighted by Gasteiger charge is 2.20. The van der Waals surface area contributed by atoms with Crippen molar-refractivity contribution in [1.82, 2.24) is 14.7 Å². The molecule has 1 unspecified atom stereocenters. The lowest BCUT2D eigenvalue weighted by molar-refractivity contribution is -0.119. The standard InChI is InChI=1S/C16H22N4O2.ClH/c1-11(10-17-3)15(21)18-14-12(2)19(4)20(16(14)22)13-8-6-5-7-9-13;/h5-9,11,17H,10H2,1-4H3,(H,18,21);1H. The number of nitrogens with zero attached hydrogens (tertiary/aromatic N) is 2. The van der Waals surface area contributed by atoms with Gasteiger partial charge in [-0.1, -0.05) is 25.1 Å². The van der Waals surface area contributed by atoms with Crippen molar-refractivity contribution in [3.8, 4) is 5.69 Å². The first-order valence-corrected chi connectivity index (χ1v) is 7.26. The van der Waals surface area contributed by atoms with Crippen LogP contribution in [0.3, 0.4) is 0 Å². The van der Waals surface area contributed by atoms with Crippen molar-refractivity contribution >= 4 is 24.0 Å². The number of carbonyl (C=O) groups excluding carboxylic acids is 1. The second kappa shape index (κ2) is 7.99. The van der Waals surface area contributed by atoms with Crippen LogP contribution < -0.4 is 16.2 Å². The van der Waals surface area contributed by atoms with E-state index in [0.717, 1.165) is 11.4 Å². The Morgan fingerprint density at radius 3 is 2.43 bits per heavy atom. The molecule has 0 saturated carbocycles. The number of hydrogen-bond donors (Lipinski definition) is 2. The zero-order valence-electron chi connectivity index (χ0n) is 13.8. The van der Waals surface area contributed by atoms with Crippen molar-refractivity contribution in [2.75, 3.05) is 18.9 Å². The quantitative estimate of drug-likeness (QED) is 0.872. The number of nitrogens with one attached hydrogen (secondary N) is 2. The van der Waals surface area contributed by atoms with Gasteiger partial charge in [0.15, 0.2) is 0 Å². The van der Waals surface area contributed by atoms with E-state index >= 15 is 0 Å². The number of aromatic nitrogens is 2. The average molecular weight is 339 g/mol. The summed E-state index contributed by atoms with van der Waals surface area (Å²) in [5, 5.41) is 5.72. The first-order valence-electron chi connectivity index (χ1n) is 7.26. The molecule has 1 aromatic heterocycles. The molecule has 7 heteroatoms. The van der Waals surface area contributed by atoms with E-state index in [1.807, 2.05) is 44.2 Å². The molecule has 1 aromatic carbocycles. The maximum atomic E-state index is 12.6. The number of halogens is 1. The van der Waals surface area contributed by atoms with Crippen LogP contribution in [0.5, 0.6) is 0 Å². The number of carbonyl (C=O) groups is 1. The van der Waals surface area contributed by atoms with Crippen molar-refractivity contribution in [3.05, 3.63) is 46.4 Å². The molecule has 1 atom stereocenters.